The number of nitrogens with one attached hydrogen (secondary N) is 1. The first-order valence-corrected chi connectivity index (χ1v) is 6.71. The van der Waals surface area contributed by atoms with E-state index in [1.807, 2.05) is 26.1 Å². The topological polar surface area (TPSA) is 21.3 Å². The van der Waals surface area contributed by atoms with E-state index in [9.17, 15) is 4.39 Å². The number of hydrogen-bond acceptors (Lipinski definition) is 2. The number of methoxy groups -OCH3 is 1. The first kappa shape index (κ1) is 14.8. The summed E-state index contributed by atoms with van der Waals surface area (Å²) < 4.78 is 18.6. The van der Waals surface area contributed by atoms with Crippen molar-refractivity contribution in [2.45, 2.75) is 13.0 Å². The van der Waals surface area contributed by atoms with Gasteiger partial charge in [-0.2, -0.15) is 0 Å². The van der Waals surface area contributed by atoms with Gasteiger partial charge in [0.2, 0.25) is 0 Å². The predicted octanol–water partition coefficient (Wildman–Crippen LogP) is 4.10. The third kappa shape index (κ3) is 2.94. The van der Waals surface area contributed by atoms with E-state index < -0.39 is 0 Å². The molecule has 106 valence electrons. The maximum atomic E-state index is 13.3. The number of hydrogen-bond donors (Lipinski definition) is 1. The van der Waals surface area contributed by atoms with Crippen molar-refractivity contribution in [2.75, 3.05) is 14.2 Å². The molecule has 0 fully saturated rings. The third-order valence-corrected chi connectivity index (χ3v) is 3.57. The van der Waals surface area contributed by atoms with E-state index in [0.717, 1.165) is 16.7 Å². The Balaban J connectivity index is 2.52. The fraction of sp³-hybridized carbons (Fsp3) is 0.250. The smallest absolute Gasteiger partial charge is 0.125 e. The highest BCUT2D eigenvalue weighted by atomic mass is 35.5. The van der Waals surface area contributed by atoms with Crippen LogP contribution in [0.15, 0.2) is 36.4 Å². The van der Waals surface area contributed by atoms with Gasteiger partial charge in [0.15, 0.2) is 0 Å². The summed E-state index contributed by atoms with van der Waals surface area (Å²) in [6, 6.07) is 10.2. The molecular formula is C16H17ClFNO. The fourth-order valence-corrected chi connectivity index (χ4v) is 2.53. The van der Waals surface area contributed by atoms with Crippen LogP contribution in [-0.2, 0) is 0 Å². The van der Waals surface area contributed by atoms with Gasteiger partial charge in [-0.3, -0.25) is 0 Å². The fourth-order valence-electron chi connectivity index (χ4n) is 2.37. The molecule has 1 N–H and O–H groups in total. The maximum absolute atomic E-state index is 13.3. The van der Waals surface area contributed by atoms with E-state index in [1.165, 1.54) is 12.1 Å². The van der Waals surface area contributed by atoms with Crippen molar-refractivity contribution in [2.24, 2.45) is 0 Å². The second kappa shape index (κ2) is 6.25. The van der Waals surface area contributed by atoms with Crippen molar-refractivity contribution < 1.29 is 9.13 Å². The van der Waals surface area contributed by atoms with Crippen LogP contribution >= 0.6 is 11.6 Å². The minimum absolute atomic E-state index is 0.0807. The molecule has 0 aliphatic rings. The highest BCUT2D eigenvalue weighted by Gasteiger charge is 2.18. The Morgan fingerprint density at radius 1 is 1.15 bits per heavy atom. The zero-order valence-corrected chi connectivity index (χ0v) is 12.5. The lowest BCUT2D eigenvalue weighted by molar-refractivity contribution is 0.405. The van der Waals surface area contributed by atoms with Gasteiger partial charge < -0.3 is 10.1 Å². The second-order valence-electron chi connectivity index (χ2n) is 4.61. The van der Waals surface area contributed by atoms with Crippen molar-refractivity contribution in [3.63, 3.8) is 0 Å². The summed E-state index contributed by atoms with van der Waals surface area (Å²) in [4.78, 5) is 0. The summed E-state index contributed by atoms with van der Waals surface area (Å²) in [7, 11) is 3.47. The normalized spacial score (nSPS) is 12.2. The van der Waals surface area contributed by atoms with Crippen LogP contribution in [0.4, 0.5) is 4.39 Å². The molecule has 2 nitrogen and oxygen atoms in total. The maximum Gasteiger partial charge on any atom is 0.125 e. The van der Waals surface area contributed by atoms with Crippen LogP contribution in [-0.4, -0.2) is 14.2 Å². The zero-order valence-electron chi connectivity index (χ0n) is 11.7. The molecule has 1 unspecified atom stereocenters. The summed E-state index contributed by atoms with van der Waals surface area (Å²) in [5, 5.41) is 3.87. The zero-order chi connectivity index (χ0) is 14.7. The Bertz CT molecular complexity index is 615. The Kier molecular flexibility index (Phi) is 4.63. The van der Waals surface area contributed by atoms with Crippen LogP contribution in [0.25, 0.3) is 0 Å². The lowest BCUT2D eigenvalue weighted by Crippen LogP contribution is -2.19. The lowest BCUT2D eigenvalue weighted by atomic mass is 9.94. The monoisotopic (exact) mass is 293 g/mol. The largest absolute Gasteiger partial charge is 0.496 e. The van der Waals surface area contributed by atoms with E-state index in [0.29, 0.717) is 10.8 Å². The van der Waals surface area contributed by atoms with Crippen LogP contribution in [0.3, 0.4) is 0 Å². The number of rotatable bonds is 4. The molecule has 2 rings (SSSR count). The van der Waals surface area contributed by atoms with E-state index >= 15 is 0 Å². The summed E-state index contributed by atoms with van der Waals surface area (Å²) in [6.45, 7) is 1.89. The van der Waals surface area contributed by atoms with Gasteiger partial charge in [0.25, 0.3) is 0 Å². The van der Waals surface area contributed by atoms with Crippen molar-refractivity contribution in [3.8, 4) is 5.75 Å². The molecule has 0 bridgehead atoms. The molecule has 2 aromatic carbocycles. The predicted molar refractivity (Wildman–Crippen MR) is 80.0 cm³/mol. The van der Waals surface area contributed by atoms with Gasteiger partial charge in [-0.05, 0) is 49.4 Å². The third-order valence-electron chi connectivity index (χ3n) is 3.34. The highest BCUT2D eigenvalue weighted by Crippen LogP contribution is 2.33. The van der Waals surface area contributed by atoms with Gasteiger partial charge in [0.05, 0.1) is 13.2 Å². The number of halogens is 2. The van der Waals surface area contributed by atoms with Gasteiger partial charge in [0.1, 0.15) is 11.6 Å². The van der Waals surface area contributed by atoms with Crippen molar-refractivity contribution >= 4 is 11.6 Å². The molecule has 0 amide bonds. The van der Waals surface area contributed by atoms with E-state index in [-0.39, 0.29) is 11.9 Å². The second-order valence-corrected chi connectivity index (χ2v) is 5.05. The standard InChI is InChI=1S/C16H17ClFNO/c1-10-8-12(18)5-7-13(10)16(19-2)14-6-4-11(17)9-15(14)20-3/h4-9,16,19H,1-3H3. The molecule has 4 heteroatoms. The van der Waals surface area contributed by atoms with Gasteiger partial charge in [-0.1, -0.05) is 23.7 Å². The van der Waals surface area contributed by atoms with Gasteiger partial charge >= 0.3 is 0 Å². The van der Waals surface area contributed by atoms with Crippen LogP contribution in [0.5, 0.6) is 5.75 Å². The molecule has 0 heterocycles. The molecule has 0 radical (unpaired) electrons. The van der Waals surface area contributed by atoms with Crippen molar-refractivity contribution in [3.05, 3.63) is 63.9 Å². The summed E-state index contributed by atoms with van der Waals surface area (Å²) >= 11 is 5.99. The molecular weight excluding hydrogens is 277 g/mol. The van der Waals surface area contributed by atoms with Crippen LogP contribution in [0.2, 0.25) is 5.02 Å². The Morgan fingerprint density at radius 2 is 1.85 bits per heavy atom. The SMILES string of the molecule is CNC(c1ccc(F)cc1C)c1ccc(Cl)cc1OC. The van der Waals surface area contributed by atoms with Crippen molar-refractivity contribution in [1.82, 2.24) is 5.32 Å². The molecule has 0 aromatic heterocycles. The van der Waals surface area contributed by atoms with Gasteiger partial charge in [0, 0.05) is 10.6 Å². The van der Waals surface area contributed by atoms with Gasteiger partial charge in [-0.15, -0.1) is 0 Å². The Morgan fingerprint density at radius 3 is 2.45 bits per heavy atom. The van der Waals surface area contributed by atoms with Crippen molar-refractivity contribution in [1.29, 1.82) is 0 Å². The lowest BCUT2D eigenvalue weighted by Gasteiger charge is -2.21. The van der Waals surface area contributed by atoms with E-state index in [4.69, 9.17) is 16.3 Å². The number of aryl methyl sites for hydroxylation is 1. The molecule has 0 aliphatic carbocycles. The molecule has 0 aliphatic heterocycles. The quantitative estimate of drug-likeness (QED) is 0.916. The summed E-state index contributed by atoms with van der Waals surface area (Å²) in [5.41, 5.74) is 2.87. The molecule has 0 spiro atoms. The minimum Gasteiger partial charge on any atom is -0.496 e. The number of ether oxygens (including phenoxy) is 1. The summed E-state index contributed by atoms with van der Waals surface area (Å²) in [5.74, 6) is 0.477. The molecule has 1 atom stereocenters. The average Bonchev–Trinajstić information content (AvgIpc) is 2.43. The van der Waals surface area contributed by atoms with Crippen LogP contribution in [0.1, 0.15) is 22.7 Å². The molecule has 20 heavy (non-hydrogen) atoms. The molecule has 2 aromatic rings. The highest BCUT2D eigenvalue weighted by molar-refractivity contribution is 6.30. The number of benzene rings is 2. The average molecular weight is 294 g/mol. The van der Waals surface area contributed by atoms with E-state index in [2.05, 4.69) is 5.32 Å². The molecule has 0 saturated heterocycles. The first-order chi connectivity index (χ1) is 9.56. The summed E-state index contributed by atoms with van der Waals surface area (Å²) in [6.07, 6.45) is 0. The Labute approximate surface area is 123 Å². The minimum atomic E-state index is -0.232. The Hall–Kier alpha value is -1.58. The first-order valence-electron chi connectivity index (χ1n) is 6.33. The van der Waals surface area contributed by atoms with Gasteiger partial charge in [-0.25, -0.2) is 4.39 Å². The van der Waals surface area contributed by atoms with E-state index in [1.54, 1.807) is 19.2 Å². The van der Waals surface area contributed by atoms with Crippen LogP contribution < -0.4 is 10.1 Å². The van der Waals surface area contributed by atoms with Crippen LogP contribution in [0, 0.1) is 12.7 Å². The molecule has 0 saturated carbocycles.